The van der Waals surface area contributed by atoms with Crippen molar-refractivity contribution in [3.8, 4) is 0 Å². The highest BCUT2D eigenvalue weighted by atomic mass is 16.2. The summed E-state index contributed by atoms with van der Waals surface area (Å²) in [6.07, 6.45) is 3.56. The van der Waals surface area contributed by atoms with E-state index in [1.165, 1.54) is 18.4 Å². The molecule has 1 aliphatic heterocycles. The Hall–Kier alpha value is -1.39. The van der Waals surface area contributed by atoms with Crippen molar-refractivity contribution in [1.29, 1.82) is 0 Å². The molecule has 0 radical (unpaired) electrons. The van der Waals surface area contributed by atoms with Gasteiger partial charge in [0.15, 0.2) is 0 Å². The smallest absolute Gasteiger partial charge is 0.227 e. The fourth-order valence-electron chi connectivity index (χ4n) is 5.28. The molecule has 3 aliphatic rings. The van der Waals surface area contributed by atoms with E-state index in [1.807, 2.05) is 6.07 Å². The number of nitrogens with two attached hydrogens (primary N) is 2. The third-order valence-electron chi connectivity index (χ3n) is 6.55. The standard InChI is InChI=1S/C19H27N3O/c20-9-15-10-22(11-16(15)12-4-2-1-3-5-12)19(23)17-13-6-7-14(8-13)18(17)21/h1-5,13-18H,6-11,20-21H2/t13?,14?,15-,16+,17?,18?/m1/s1. The lowest BCUT2D eigenvalue weighted by atomic mass is 9.84. The summed E-state index contributed by atoms with van der Waals surface area (Å²) in [5, 5.41) is 0. The van der Waals surface area contributed by atoms with Crippen LogP contribution in [0.25, 0.3) is 0 Å². The van der Waals surface area contributed by atoms with Gasteiger partial charge in [-0.1, -0.05) is 30.3 Å². The predicted molar refractivity (Wildman–Crippen MR) is 90.6 cm³/mol. The Bertz CT molecular complexity index is 573. The zero-order valence-electron chi connectivity index (χ0n) is 13.6. The second-order valence-electron chi connectivity index (χ2n) is 7.69. The Morgan fingerprint density at radius 1 is 1.13 bits per heavy atom. The molecule has 4 rings (SSSR count). The van der Waals surface area contributed by atoms with Gasteiger partial charge < -0.3 is 16.4 Å². The van der Waals surface area contributed by atoms with E-state index in [9.17, 15) is 4.79 Å². The van der Waals surface area contributed by atoms with Crippen molar-refractivity contribution in [2.24, 2.45) is 35.1 Å². The minimum absolute atomic E-state index is 0.0571. The number of likely N-dealkylation sites (tertiary alicyclic amines) is 1. The molecule has 1 amide bonds. The molecule has 4 heteroatoms. The first-order chi connectivity index (χ1) is 11.2. The molecule has 2 bridgehead atoms. The molecule has 23 heavy (non-hydrogen) atoms. The number of benzene rings is 1. The molecule has 4 nitrogen and oxygen atoms in total. The van der Waals surface area contributed by atoms with Crippen molar-refractivity contribution in [2.75, 3.05) is 19.6 Å². The number of hydrogen-bond donors (Lipinski definition) is 2. The van der Waals surface area contributed by atoms with Crippen LogP contribution in [-0.2, 0) is 4.79 Å². The maximum Gasteiger partial charge on any atom is 0.227 e. The number of nitrogens with zero attached hydrogens (tertiary/aromatic N) is 1. The molecule has 4 unspecified atom stereocenters. The van der Waals surface area contributed by atoms with Crippen LogP contribution >= 0.6 is 0 Å². The molecule has 2 aliphatic carbocycles. The van der Waals surface area contributed by atoms with Crippen LogP contribution in [0.15, 0.2) is 30.3 Å². The monoisotopic (exact) mass is 313 g/mol. The van der Waals surface area contributed by atoms with Gasteiger partial charge in [-0.2, -0.15) is 0 Å². The van der Waals surface area contributed by atoms with E-state index in [1.54, 1.807) is 0 Å². The Kier molecular flexibility index (Phi) is 3.90. The Balaban J connectivity index is 1.51. The Morgan fingerprint density at radius 3 is 2.52 bits per heavy atom. The summed E-state index contributed by atoms with van der Waals surface area (Å²) in [5.74, 6) is 2.17. The van der Waals surface area contributed by atoms with Gasteiger partial charge in [0.05, 0.1) is 5.92 Å². The third kappa shape index (κ3) is 2.48. The van der Waals surface area contributed by atoms with Gasteiger partial charge in [0, 0.05) is 25.0 Å². The van der Waals surface area contributed by atoms with Gasteiger partial charge in [-0.05, 0) is 49.1 Å². The van der Waals surface area contributed by atoms with Crippen LogP contribution in [-0.4, -0.2) is 36.5 Å². The van der Waals surface area contributed by atoms with E-state index >= 15 is 0 Å². The lowest BCUT2D eigenvalue weighted by Gasteiger charge is -2.30. The molecule has 0 aromatic heterocycles. The van der Waals surface area contributed by atoms with Crippen LogP contribution in [0.3, 0.4) is 0 Å². The minimum atomic E-state index is 0.0571. The quantitative estimate of drug-likeness (QED) is 0.889. The summed E-state index contributed by atoms with van der Waals surface area (Å²) >= 11 is 0. The molecular weight excluding hydrogens is 286 g/mol. The number of carbonyl (C=O) groups is 1. The van der Waals surface area contributed by atoms with Gasteiger partial charge in [0.2, 0.25) is 5.91 Å². The summed E-state index contributed by atoms with van der Waals surface area (Å²) in [5.41, 5.74) is 13.7. The largest absolute Gasteiger partial charge is 0.341 e. The molecule has 1 heterocycles. The molecule has 2 saturated carbocycles. The van der Waals surface area contributed by atoms with Crippen molar-refractivity contribution in [1.82, 2.24) is 4.90 Å². The number of hydrogen-bond acceptors (Lipinski definition) is 3. The van der Waals surface area contributed by atoms with Crippen molar-refractivity contribution < 1.29 is 4.79 Å². The van der Waals surface area contributed by atoms with E-state index in [4.69, 9.17) is 11.5 Å². The molecule has 6 atom stereocenters. The van der Waals surface area contributed by atoms with Gasteiger partial charge in [0.25, 0.3) is 0 Å². The van der Waals surface area contributed by atoms with E-state index < -0.39 is 0 Å². The molecule has 3 fully saturated rings. The van der Waals surface area contributed by atoms with Gasteiger partial charge >= 0.3 is 0 Å². The van der Waals surface area contributed by atoms with E-state index in [2.05, 4.69) is 29.2 Å². The highest BCUT2D eigenvalue weighted by molar-refractivity contribution is 5.81. The normalized spacial score (nSPS) is 39.1. The summed E-state index contributed by atoms with van der Waals surface area (Å²) in [6, 6.07) is 10.6. The molecule has 1 saturated heterocycles. The van der Waals surface area contributed by atoms with Crippen molar-refractivity contribution in [3.63, 3.8) is 0 Å². The van der Waals surface area contributed by atoms with Crippen molar-refractivity contribution in [2.45, 2.75) is 31.2 Å². The summed E-state index contributed by atoms with van der Waals surface area (Å²) in [4.78, 5) is 15.1. The minimum Gasteiger partial charge on any atom is -0.341 e. The lowest BCUT2D eigenvalue weighted by Crippen LogP contribution is -2.46. The topological polar surface area (TPSA) is 72.3 Å². The van der Waals surface area contributed by atoms with Crippen molar-refractivity contribution >= 4 is 5.91 Å². The summed E-state index contributed by atoms with van der Waals surface area (Å²) < 4.78 is 0. The number of rotatable bonds is 3. The van der Waals surface area contributed by atoms with Crippen LogP contribution in [0.2, 0.25) is 0 Å². The van der Waals surface area contributed by atoms with Gasteiger partial charge in [-0.15, -0.1) is 0 Å². The fourth-order valence-corrected chi connectivity index (χ4v) is 5.28. The summed E-state index contributed by atoms with van der Waals surface area (Å²) in [7, 11) is 0. The zero-order valence-corrected chi connectivity index (χ0v) is 13.6. The Morgan fingerprint density at radius 2 is 1.87 bits per heavy atom. The molecule has 0 spiro atoms. The van der Waals surface area contributed by atoms with Gasteiger partial charge in [0.1, 0.15) is 0 Å². The molecule has 4 N–H and O–H groups in total. The first kappa shape index (κ1) is 15.2. The number of carbonyl (C=O) groups excluding carboxylic acids is 1. The number of amides is 1. The van der Waals surface area contributed by atoms with Crippen LogP contribution < -0.4 is 11.5 Å². The Labute approximate surface area is 138 Å². The summed E-state index contributed by atoms with van der Waals surface area (Å²) in [6.45, 7) is 2.22. The predicted octanol–water partition coefficient (Wildman–Crippen LogP) is 1.56. The number of fused-ring (bicyclic) bond motifs is 2. The third-order valence-corrected chi connectivity index (χ3v) is 6.55. The van der Waals surface area contributed by atoms with Gasteiger partial charge in [-0.25, -0.2) is 0 Å². The molecule has 1 aromatic carbocycles. The lowest BCUT2D eigenvalue weighted by molar-refractivity contribution is -0.136. The fraction of sp³-hybridized carbons (Fsp3) is 0.632. The van der Waals surface area contributed by atoms with E-state index in [-0.39, 0.29) is 12.0 Å². The van der Waals surface area contributed by atoms with E-state index in [0.717, 1.165) is 19.5 Å². The SMILES string of the molecule is NC[C@@H]1CN(C(=O)C2C3CCC(C3)C2N)C[C@H]1c1ccccc1. The van der Waals surface area contributed by atoms with Gasteiger partial charge in [-0.3, -0.25) is 4.79 Å². The maximum absolute atomic E-state index is 13.1. The maximum atomic E-state index is 13.1. The van der Waals surface area contributed by atoms with Crippen LogP contribution in [0.5, 0.6) is 0 Å². The second-order valence-corrected chi connectivity index (χ2v) is 7.69. The second kappa shape index (κ2) is 5.91. The highest BCUT2D eigenvalue weighted by Gasteiger charge is 2.51. The van der Waals surface area contributed by atoms with Crippen LogP contribution in [0.4, 0.5) is 0 Å². The molecule has 124 valence electrons. The van der Waals surface area contributed by atoms with Crippen LogP contribution in [0.1, 0.15) is 30.7 Å². The average Bonchev–Trinajstić information content (AvgIpc) is 3.29. The van der Waals surface area contributed by atoms with Crippen LogP contribution in [0, 0.1) is 23.7 Å². The molecule has 1 aromatic rings. The zero-order chi connectivity index (χ0) is 16.0. The highest BCUT2D eigenvalue weighted by Crippen LogP contribution is 2.48. The van der Waals surface area contributed by atoms with Crippen molar-refractivity contribution in [3.05, 3.63) is 35.9 Å². The first-order valence-corrected chi connectivity index (χ1v) is 8.98. The first-order valence-electron chi connectivity index (χ1n) is 8.98. The van der Waals surface area contributed by atoms with E-state index in [0.29, 0.717) is 36.1 Å². The average molecular weight is 313 g/mol. The molecular formula is C19H27N3O.